The fraction of sp³-hybridized carbons (Fsp3) is 0.576. The van der Waals surface area contributed by atoms with Crippen LogP contribution in [0.1, 0.15) is 62.0 Å². The van der Waals surface area contributed by atoms with E-state index in [1.54, 1.807) is 19.2 Å². The number of hydrogen-bond acceptors (Lipinski definition) is 6. The van der Waals surface area contributed by atoms with E-state index in [1.165, 1.54) is 29.6 Å². The quantitative estimate of drug-likeness (QED) is 0.332. The van der Waals surface area contributed by atoms with Gasteiger partial charge in [0.2, 0.25) is 15.9 Å². The van der Waals surface area contributed by atoms with Crippen LogP contribution in [0.15, 0.2) is 36.4 Å². The molecule has 258 valence electrons. The third kappa shape index (κ3) is 7.93. The lowest BCUT2D eigenvalue weighted by Crippen LogP contribution is -2.57. The molecule has 2 saturated heterocycles. The molecule has 2 aliphatic heterocycles. The molecule has 2 bridgehead atoms. The molecule has 1 aliphatic carbocycles. The van der Waals surface area contributed by atoms with Crippen LogP contribution in [0.25, 0.3) is 0 Å². The average Bonchev–Trinajstić information content (AvgIpc) is 3.17. The number of anilines is 1. The van der Waals surface area contributed by atoms with Gasteiger partial charge in [-0.1, -0.05) is 12.1 Å². The van der Waals surface area contributed by atoms with Crippen molar-refractivity contribution in [1.82, 2.24) is 14.5 Å². The molecule has 2 amide bonds. The molecule has 2 aromatic carbocycles. The summed E-state index contributed by atoms with van der Waals surface area (Å²) in [5.41, 5.74) is 0.412. The fourth-order valence-corrected chi connectivity index (χ4v) is 9.30. The summed E-state index contributed by atoms with van der Waals surface area (Å²) in [6.07, 6.45) is 2.67. The van der Waals surface area contributed by atoms with Gasteiger partial charge in [0.15, 0.2) is 11.6 Å². The summed E-state index contributed by atoms with van der Waals surface area (Å²) in [5.74, 6) is -4.34. The van der Waals surface area contributed by atoms with Crippen LogP contribution in [0.5, 0.6) is 0 Å². The number of carbonyl (C=O) groups excluding carboxylic acids is 1. The van der Waals surface area contributed by atoms with Gasteiger partial charge in [0.25, 0.3) is 0 Å². The number of carboxylic acid groups (broad SMARTS) is 1. The van der Waals surface area contributed by atoms with Crippen molar-refractivity contribution in [3.8, 4) is 0 Å². The number of fused-ring (bicyclic) bond motifs is 2. The number of halogens is 3. The molecule has 10 nitrogen and oxygen atoms in total. The second-order valence-electron chi connectivity index (χ2n) is 12.9. The summed E-state index contributed by atoms with van der Waals surface area (Å²) in [7, 11) is -0.605. The molecule has 2 heterocycles. The number of benzene rings is 2. The first-order valence-electron chi connectivity index (χ1n) is 16.1. The van der Waals surface area contributed by atoms with E-state index in [0.717, 1.165) is 17.4 Å². The van der Waals surface area contributed by atoms with Gasteiger partial charge in [0.1, 0.15) is 11.9 Å². The number of methoxy groups -OCH3 is 1. The third-order valence-electron chi connectivity index (χ3n) is 10.1. The minimum atomic E-state index is -3.51. The number of piperazine rings is 1. The van der Waals surface area contributed by atoms with Gasteiger partial charge in [-0.3, -0.25) is 9.69 Å². The molecule has 5 rings (SSSR count). The molecule has 2 aromatic rings. The van der Waals surface area contributed by atoms with Crippen molar-refractivity contribution in [3.63, 3.8) is 0 Å². The van der Waals surface area contributed by atoms with Crippen LogP contribution in [-0.2, 0) is 26.0 Å². The predicted molar refractivity (Wildman–Crippen MR) is 170 cm³/mol. The summed E-state index contributed by atoms with van der Waals surface area (Å²) in [5, 5.41) is 16.1. The highest BCUT2D eigenvalue weighted by Crippen LogP contribution is 2.41. The summed E-state index contributed by atoms with van der Waals surface area (Å²) in [6, 6.07) is 5.98. The zero-order valence-corrected chi connectivity index (χ0v) is 27.4. The Morgan fingerprint density at radius 3 is 2.45 bits per heavy atom. The molecule has 14 heteroatoms. The number of amides is 2. The van der Waals surface area contributed by atoms with E-state index in [2.05, 4.69) is 10.6 Å². The van der Waals surface area contributed by atoms with Crippen LogP contribution in [0.4, 0.5) is 23.7 Å². The first kappa shape index (κ1) is 35.1. The van der Waals surface area contributed by atoms with Crippen molar-refractivity contribution in [2.75, 3.05) is 38.3 Å². The van der Waals surface area contributed by atoms with E-state index >= 15 is 4.39 Å². The van der Waals surface area contributed by atoms with Crippen LogP contribution < -0.4 is 10.6 Å². The van der Waals surface area contributed by atoms with Gasteiger partial charge in [-0.05, 0) is 87.1 Å². The van der Waals surface area contributed by atoms with Gasteiger partial charge in [-0.2, -0.15) is 4.31 Å². The molecule has 5 atom stereocenters. The van der Waals surface area contributed by atoms with Crippen LogP contribution in [0, 0.1) is 23.4 Å². The second kappa shape index (κ2) is 14.9. The molecule has 3 fully saturated rings. The predicted octanol–water partition coefficient (Wildman–Crippen LogP) is 4.71. The largest absolute Gasteiger partial charge is 0.465 e. The molecular formula is C33H43F3N4O6S. The number of nitrogens with zero attached hydrogens (tertiary/aromatic N) is 2. The smallest absolute Gasteiger partial charge is 0.407 e. The van der Waals surface area contributed by atoms with E-state index < -0.39 is 57.5 Å². The summed E-state index contributed by atoms with van der Waals surface area (Å²) < 4.78 is 76.9. The highest BCUT2D eigenvalue weighted by atomic mass is 32.2. The van der Waals surface area contributed by atoms with E-state index in [1.807, 2.05) is 0 Å². The highest BCUT2D eigenvalue weighted by Gasteiger charge is 2.42. The van der Waals surface area contributed by atoms with Crippen LogP contribution in [-0.4, -0.2) is 92.0 Å². The van der Waals surface area contributed by atoms with Crippen molar-refractivity contribution < 1.29 is 41.0 Å². The zero-order valence-electron chi connectivity index (χ0n) is 26.6. The van der Waals surface area contributed by atoms with Crippen molar-refractivity contribution in [2.45, 2.75) is 81.5 Å². The zero-order chi connectivity index (χ0) is 33.9. The molecule has 1 saturated carbocycles. The Bertz CT molecular complexity index is 1540. The number of ether oxygens (including phenoxy) is 1. The lowest BCUT2D eigenvalue weighted by atomic mass is 9.72. The van der Waals surface area contributed by atoms with Gasteiger partial charge < -0.3 is 20.5 Å². The van der Waals surface area contributed by atoms with Gasteiger partial charge in [-0.15, -0.1) is 0 Å². The fourth-order valence-electron chi connectivity index (χ4n) is 7.50. The molecule has 0 aromatic heterocycles. The molecule has 3 aliphatic rings. The van der Waals surface area contributed by atoms with Gasteiger partial charge in [0.05, 0.1) is 11.9 Å². The number of sulfonamides is 1. The molecule has 47 heavy (non-hydrogen) atoms. The second-order valence-corrected chi connectivity index (χ2v) is 14.9. The van der Waals surface area contributed by atoms with Crippen molar-refractivity contribution in [3.05, 3.63) is 65.0 Å². The molecule has 0 spiro atoms. The maximum absolute atomic E-state index is 15.4. The topological polar surface area (TPSA) is 128 Å². The number of rotatable bonds is 10. The first-order chi connectivity index (χ1) is 22.4. The summed E-state index contributed by atoms with van der Waals surface area (Å²) >= 11 is 0. The van der Waals surface area contributed by atoms with Crippen LogP contribution >= 0.6 is 0 Å². The minimum Gasteiger partial charge on any atom is -0.465 e. The summed E-state index contributed by atoms with van der Waals surface area (Å²) in [4.78, 5) is 27.5. The standard InChI is InChI=1S/C33H43F3N4O6S/c1-39(33(42)43)31(29(20-5-9-22(34)10-6-20)21-7-12-25(46-2)13-8-21)32(41)38-28-16-15-27(35)30(36)26(28)14-11-24-18-37-23-4-3-17-47(44,45)40(24)19-23/h5-6,9-10,15-16,21,23-25,29,31,37H,3-4,7-8,11-14,17-19H2,1-2H3,(H,38,41)(H,42,43)/t21?,23-,24+,25?,29+,31+/m1/s1. The number of nitrogens with one attached hydrogen (secondary N) is 2. The Morgan fingerprint density at radius 2 is 1.79 bits per heavy atom. The van der Waals surface area contributed by atoms with E-state index in [9.17, 15) is 31.9 Å². The number of likely N-dealkylation sites (N-methyl/N-ethyl adjacent to an activating group) is 1. The Balaban J connectivity index is 1.44. The first-order valence-corrected chi connectivity index (χ1v) is 17.7. The maximum Gasteiger partial charge on any atom is 0.407 e. The number of carbonyl (C=O) groups is 2. The molecule has 3 N–H and O–H groups in total. The van der Waals surface area contributed by atoms with Gasteiger partial charge >= 0.3 is 6.09 Å². The van der Waals surface area contributed by atoms with Gasteiger partial charge in [0, 0.05) is 56.5 Å². The summed E-state index contributed by atoms with van der Waals surface area (Å²) in [6.45, 7) is 0.668. The van der Waals surface area contributed by atoms with E-state index in [-0.39, 0.29) is 47.9 Å². The van der Waals surface area contributed by atoms with Crippen molar-refractivity contribution in [1.29, 1.82) is 0 Å². The lowest BCUT2D eigenvalue weighted by molar-refractivity contribution is -0.121. The van der Waals surface area contributed by atoms with Gasteiger partial charge in [-0.25, -0.2) is 26.4 Å². The molecule has 1 unspecified atom stereocenters. The van der Waals surface area contributed by atoms with E-state index in [4.69, 9.17) is 4.74 Å². The minimum absolute atomic E-state index is 0.0259. The highest BCUT2D eigenvalue weighted by molar-refractivity contribution is 7.89. The van der Waals surface area contributed by atoms with Crippen LogP contribution in [0.2, 0.25) is 0 Å². The Morgan fingerprint density at radius 1 is 1.09 bits per heavy atom. The number of hydrogen-bond donors (Lipinski definition) is 3. The Labute approximate surface area is 273 Å². The molecular weight excluding hydrogens is 637 g/mol. The Kier molecular flexibility index (Phi) is 11.1. The van der Waals surface area contributed by atoms with E-state index in [0.29, 0.717) is 50.8 Å². The third-order valence-corrected chi connectivity index (χ3v) is 12.1. The monoisotopic (exact) mass is 680 g/mol. The van der Waals surface area contributed by atoms with Crippen molar-refractivity contribution >= 4 is 27.7 Å². The maximum atomic E-state index is 15.4. The SMILES string of the molecule is COC1CCC([C@H](c2ccc(F)cc2)[C@@H](C(=O)Nc2ccc(F)c(F)c2CC[C@H]2CN[C@@H]3CCCS(=O)(=O)N2C3)N(C)C(=O)O)CC1. The Hall–Kier alpha value is -3.20. The lowest BCUT2D eigenvalue weighted by Gasteiger charge is -2.40. The van der Waals surface area contributed by atoms with Crippen LogP contribution in [0.3, 0.4) is 0 Å². The molecule has 0 radical (unpaired) electrons. The average molecular weight is 681 g/mol. The van der Waals surface area contributed by atoms with Crippen molar-refractivity contribution in [2.24, 2.45) is 5.92 Å². The normalized spacial score (nSPS) is 26.9.